The lowest BCUT2D eigenvalue weighted by Gasteiger charge is -2.23. The number of aromatic nitrogens is 8. The van der Waals surface area contributed by atoms with Crippen LogP contribution in [0.25, 0.3) is 42.3 Å². The van der Waals surface area contributed by atoms with E-state index in [1.54, 1.807) is 83.2 Å². The van der Waals surface area contributed by atoms with Crippen molar-refractivity contribution >= 4 is 217 Å². The largest absolute Gasteiger partial charge is 0.505 e. The number of anilines is 8. The molecule has 46 nitrogen and oxygen atoms in total. The van der Waals surface area contributed by atoms with Gasteiger partial charge in [-0.25, -0.2) is 56.8 Å². The Morgan fingerprint density at radius 2 is 0.703 bits per heavy atom. The maximum absolute atomic E-state index is 13.7. The number of hydrogen-bond acceptors (Lipinski definition) is 34. The van der Waals surface area contributed by atoms with Crippen LogP contribution < -0.4 is 83.6 Å². The van der Waals surface area contributed by atoms with Crippen LogP contribution in [0.1, 0.15) is 52.3 Å². The maximum Gasteiger partial charge on any atom is 0.346 e. The lowest BCUT2D eigenvalue weighted by Crippen LogP contribution is -2.35. The topological polar surface area (TPSA) is 674 Å². The van der Waals surface area contributed by atoms with Crippen LogP contribution in [0.4, 0.5) is 49.9 Å². The van der Waals surface area contributed by atoms with Gasteiger partial charge in [0.2, 0.25) is 40.1 Å². The number of sulfonamides is 4. The summed E-state index contributed by atoms with van der Waals surface area (Å²) in [5.41, 5.74) is -1.44. The van der Waals surface area contributed by atoms with Crippen molar-refractivity contribution in [3.8, 4) is 65.3 Å². The van der Waals surface area contributed by atoms with E-state index in [-0.39, 0.29) is 167 Å². The van der Waals surface area contributed by atoms with Crippen molar-refractivity contribution in [2.24, 2.45) is 19.1 Å². The predicted molar refractivity (Wildman–Crippen MR) is 567 cm³/mol. The minimum atomic E-state index is -4.54. The van der Waals surface area contributed by atoms with Crippen molar-refractivity contribution in [3.05, 3.63) is 301 Å². The van der Waals surface area contributed by atoms with E-state index in [1.807, 2.05) is 37.3 Å². The molecule has 4 aliphatic rings. The molecule has 770 valence electrons. The number of ether oxygens (including phenoxy) is 1. The molecule has 5 atom stereocenters. The molecule has 15 aromatic rings. The number of benzene rings is 6. The summed E-state index contributed by atoms with van der Waals surface area (Å²) >= 11 is 11.0. The molecule has 0 saturated heterocycles. The van der Waals surface area contributed by atoms with E-state index >= 15 is 0 Å². The number of halogens is 2. The van der Waals surface area contributed by atoms with Gasteiger partial charge in [0.05, 0.1) is 132 Å². The molecule has 5 unspecified atom stereocenters. The number of methoxy groups -OCH3 is 1. The van der Waals surface area contributed by atoms with Crippen molar-refractivity contribution in [3.63, 3.8) is 0 Å². The van der Waals surface area contributed by atoms with Gasteiger partial charge in [-0.3, -0.25) is 56.3 Å². The second-order valence-corrected chi connectivity index (χ2v) is 51.0. The molecule has 0 amide bonds. The van der Waals surface area contributed by atoms with Gasteiger partial charge in [0, 0.05) is 42.0 Å². The van der Waals surface area contributed by atoms with E-state index in [9.17, 15) is 115 Å². The zero-order valence-electron chi connectivity index (χ0n) is 76.9. The fourth-order valence-electron chi connectivity index (χ4n) is 14.9. The zero-order valence-corrected chi connectivity index (χ0v) is 87.8. The number of hydrogen-bond donors (Lipinski definition) is 16. The number of aromatic hydroxyl groups is 4. The highest BCUT2D eigenvalue weighted by atomic mass is 35.5. The Balaban J connectivity index is 0.000000141. The molecular formula is C88H80ClFN20O26P4S8. The van der Waals surface area contributed by atoms with E-state index < -0.39 is 127 Å². The van der Waals surface area contributed by atoms with Crippen LogP contribution in [0.5, 0.6) is 23.0 Å². The van der Waals surface area contributed by atoms with Crippen molar-refractivity contribution in [1.29, 1.82) is 0 Å². The summed E-state index contributed by atoms with van der Waals surface area (Å²) in [5, 5.41) is 79.3. The van der Waals surface area contributed by atoms with Crippen molar-refractivity contribution in [2.45, 2.75) is 45.6 Å². The van der Waals surface area contributed by atoms with Crippen LogP contribution in [0, 0.1) is 5.82 Å². The molecule has 9 aromatic heterocycles. The predicted octanol–water partition coefficient (Wildman–Crippen LogP) is 10.9. The van der Waals surface area contributed by atoms with Gasteiger partial charge < -0.3 is 70.4 Å². The number of amidine groups is 4. The summed E-state index contributed by atoms with van der Waals surface area (Å²) in [5.74, 6) is -3.98. The fourth-order valence-corrected chi connectivity index (χ4v) is 25.3. The van der Waals surface area contributed by atoms with Crippen molar-refractivity contribution in [2.75, 3.05) is 72.3 Å². The quantitative estimate of drug-likeness (QED) is 0.0224. The smallest absolute Gasteiger partial charge is 0.346 e. The second-order valence-electron chi connectivity index (χ2n) is 32.7. The number of rotatable bonds is 26. The SMILES string of the molecule is COC(C)CCn1nc(-c2cccs2)c(O)c(C2=NP(=O)(O)c3cc(NS(C)(=O)=O)ccc3N2)c1=O.CS(=O)(=O)Nc1ccc2c(c1)P(=O)(O)N=C(c1c(O)c(-c3cccs3)nn(Cc3ccc(F)c(Cl)c3)c1=O)N2.CS(=O)(=O)Nc1ccc2c(c1)P(=O)(O)N=C(c1c(O)c(-c3cccs3)nn(Cc3ccccc3)c1=O)N2.CS(=O)(=O)Nc1ccc2c(c1)P(=O)(O)N=C(c1c(O)c(-c3cccs3)nn(Cc3ccoc3)c1=O)N2. The zero-order chi connectivity index (χ0) is 106. The Morgan fingerprint density at radius 1 is 0.405 bits per heavy atom. The molecule has 13 heterocycles. The molecule has 0 fully saturated rings. The third-order valence-corrected chi connectivity index (χ3v) is 33.6. The number of fused-ring (bicyclic) bond motifs is 4. The molecule has 16 N–H and O–H groups in total. The van der Waals surface area contributed by atoms with E-state index in [0.29, 0.717) is 37.1 Å². The van der Waals surface area contributed by atoms with Crippen LogP contribution >= 0.6 is 87.0 Å². The van der Waals surface area contributed by atoms with Crippen molar-refractivity contribution in [1.82, 2.24) is 39.1 Å². The molecule has 148 heavy (non-hydrogen) atoms. The molecule has 0 spiro atoms. The first-order valence-electron chi connectivity index (χ1n) is 42.6. The highest BCUT2D eigenvalue weighted by molar-refractivity contribution is 7.92. The molecular weight excluding hydrogens is 2190 g/mol. The standard InChI is InChI=1S/C23H18ClFN5O6PS2.C23H20N5O6PS2.C21H18N5O7PS2.C21H24N5O7PS2/c1-39(35,36)29-13-5-7-16-17(10-13)37(33,34)28-22(26-16)19-21(31)20(18-3-2-8-38-18)27-30(23(19)32)11-12-4-6-15(25)14(24)9-12;1-37(33,34)27-15-9-10-16-17(12-15)35(31,32)26-22(24-16)19-21(29)20(18-8-5-11-36-18)25-28(23(19)30)13-14-6-3-2-4-7-14;1-36(31,32)25-13-4-5-14-15(9-13)34(29,30)24-20(22-14)17-19(27)18(16-3-2-8-35-16)23-26(21(17)28)10-12-6-7-33-11-12;1-12(33-2)8-9-26-21(28)17(19(27)18(23-26)16-5-4-10-35-16)20-22-14-7-6-13(25-36(3,31)32)11-15(14)34(29,30)24-20/h2-10,29,31H,11H2,1H3,(H2,26,28,33,34);2-12,27,29H,13H2,1H3,(H2,24,26,31,32);2-9,11,25,27H,10H2,1H3,(H2,22,24,29,30);4-7,10-12,25,27H,8-9H2,1-3H3,(H2,22,24,29,30). The minimum Gasteiger partial charge on any atom is -0.505 e. The van der Waals surface area contributed by atoms with Gasteiger partial charge >= 0.3 is 30.1 Å². The highest BCUT2D eigenvalue weighted by Crippen LogP contribution is 2.53. The van der Waals surface area contributed by atoms with Crippen LogP contribution in [-0.2, 0) is 89.3 Å². The number of nitrogens with one attached hydrogen (secondary N) is 8. The molecule has 0 saturated carbocycles. The third-order valence-electron chi connectivity index (χ3n) is 21.5. The lowest BCUT2D eigenvalue weighted by molar-refractivity contribution is 0.105. The minimum absolute atomic E-state index is 0.0160. The van der Waals surface area contributed by atoms with Crippen LogP contribution in [0.3, 0.4) is 0 Å². The lowest BCUT2D eigenvalue weighted by atomic mass is 10.1. The second kappa shape index (κ2) is 42.3. The molecule has 19 rings (SSSR count). The number of nitrogens with zero attached hydrogens (tertiary/aromatic N) is 12. The average molecular weight is 2270 g/mol. The summed E-state index contributed by atoms with van der Waals surface area (Å²) in [6.07, 6.45) is 6.97. The van der Waals surface area contributed by atoms with Crippen LogP contribution in [-0.4, -0.2) is 174 Å². The van der Waals surface area contributed by atoms with E-state index in [0.717, 1.165) is 52.1 Å². The molecule has 60 heteroatoms. The average Bonchev–Trinajstić information content (AvgIpc) is 0.819. The van der Waals surface area contributed by atoms with Crippen molar-refractivity contribution < 1.29 is 105 Å². The summed E-state index contributed by atoms with van der Waals surface area (Å²) in [6, 6.07) is 44.3. The van der Waals surface area contributed by atoms with Crippen LogP contribution in [0.15, 0.2) is 253 Å². The Morgan fingerprint density at radius 3 is 0.980 bits per heavy atom. The molecule has 0 aliphatic carbocycles. The Labute approximate surface area is 858 Å². The molecule has 0 bridgehead atoms. The number of furan rings is 1. The molecule has 0 radical (unpaired) electrons. The first-order valence-corrected chi connectivity index (χ1v) is 60.5. The third kappa shape index (κ3) is 24.3. The van der Waals surface area contributed by atoms with Gasteiger partial charge in [0.15, 0.2) is 46.3 Å². The summed E-state index contributed by atoms with van der Waals surface area (Å²) in [4.78, 5) is 99.1. The first-order chi connectivity index (χ1) is 69.7. The number of thiophene rings is 4. The Hall–Kier alpha value is -14.1. The maximum atomic E-state index is 13.7. The first kappa shape index (κ1) is 107. The number of aryl methyl sites for hydroxylation is 1. The van der Waals surface area contributed by atoms with Gasteiger partial charge in [-0.05, 0) is 161 Å². The molecule has 4 aliphatic heterocycles. The monoisotopic (exact) mass is 2270 g/mol. The molecule has 6 aromatic carbocycles. The van der Waals surface area contributed by atoms with Gasteiger partial charge in [-0.2, -0.15) is 39.4 Å². The van der Waals surface area contributed by atoms with E-state index in [1.165, 1.54) is 146 Å². The summed E-state index contributed by atoms with van der Waals surface area (Å²) < 4.78 is 198. The van der Waals surface area contributed by atoms with Gasteiger partial charge in [-0.15, -0.1) is 45.3 Å². The van der Waals surface area contributed by atoms with E-state index in [4.69, 9.17) is 20.8 Å². The Bertz CT molecular complexity index is 8940. The van der Waals surface area contributed by atoms with Crippen LogP contribution in [0.2, 0.25) is 5.02 Å². The summed E-state index contributed by atoms with van der Waals surface area (Å²) in [7, 11) is -30.9. The fraction of sp³-hybridized carbons (Fsp3) is 0.136. The highest BCUT2D eigenvalue weighted by Gasteiger charge is 2.41. The Kier molecular flexibility index (Phi) is 30.5. The normalized spacial score (nSPS) is 17.3. The van der Waals surface area contributed by atoms with E-state index in [2.05, 4.69) is 79.6 Å². The van der Waals surface area contributed by atoms with Gasteiger partial charge in [0.1, 0.15) is 50.8 Å². The summed E-state index contributed by atoms with van der Waals surface area (Å²) in [6.45, 7) is 1.95. The van der Waals surface area contributed by atoms with Gasteiger partial charge in [-0.1, -0.05) is 72.3 Å². The van der Waals surface area contributed by atoms with Gasteiger partial charge in [0.25, 0.3) is 22.2 Å².